The zero-order chi connectivity index (χ0) is 20.0. The monoisotopic (exact) mass is 382 g/mol. The summed E-state index contributed by atoms with van der Waals surface area (Å²) < 4.78 is 28.1. The van der Waals surface area contributed by atoms with E-state index in [1.165, 1.54) is 0 Å². The summed E-state index contributed by atoms with van der Waals surface area (Å²) in [6.07, 6.45) is 1.83. The Morgan fingerprint density at radius 1 is 0.857 bits per heavy atom. The molecule has 2 amide bonds. The maximum absolute atomic E-state index is 14.4. The SMILES string of the molecule is Cc1ccc(C2=C(N3CCCC3)C(=O)N(c3cc(F)ccc3F)C2=O)cc1C. The number of carbonyl (C=O) groups is 2. The minimum atomic E-state index is -0.815. The number of rotatable bonds is 3. The molecular weight excluding hydrogens is 362 g/mol. The van der Waals surface area contributed by atoms with Crippen LogP contribution >= 0.6 is 0 Å². The molecule has 2 aromatic rings. The maximum Gasteiger partial charge on any atom is 0.282 e. The minimum absolute atomic E-state index is 0.249. The van der Waals surface area contributed by atoms with Crippen LogP contribution in [0.5, 0.6) is 0 Å². The molecule has 0 unspecified atom stereocenters. The average Bonchev–Trinajstić information content (AvgIpc) is 3.26. The van der Waals surface area contributed by atoms with Gasteiger partial charge < -0.3 is 4.90 Å². The van der Waals surface area contributed by atoms with Crippen molar-refractivity contribution in [3.8, 4) is 0 Å². The molecular formula is C22H20F2N2O2. The van der Waals surface area contributed by atoms with Gasteiger partial charge in [0.25, 0.3) is 11.8 Å². The molecule has 0 bridgehead atoms. The third kappa shape index (κ3) is 2.89. The van der Waals surface area contributed by atoms with Crippen molar-refractivity contribution >= 4 is 23.1 Å². The van der Waals surface area contributed by atoms with Gasteiger partial charge >= 0.3 is 0 Å². The molecule has 2 aromatic carbocycles. The number of imide groups is 1. The highest BCUT2D eigenvalue weighted by atomic mass is 19.1. The molecule has 2 aliphatic rings. The Labute approximate surface area is 162 Å². The van der Waals surface area contributed by atoms with Crippen molar-refractivity contribution < 1.29 is 18.4 Å². The molecule has 1 fully saturated rings. The van der Waals surface area contributed by atoms with E-state index in [1.807, 2.05) is 30.9 Å². The van der Waals surface area contributed by atoms with Crippen LogP contribution in [0.25, 0.3) is 5.57 Å². The number of benzene rings is 2. The molecule has 4 nitrogen and oxygen atoms in total. The second-order valence-corrected chi connectivity index (χ2v) is 7.26. The van der Waals surface area contributed by atoms with Crippen LogP contribution in [-0.4, -0.2) is 29.8 Å². The van der Waals surface area contributed by atoms with Gasteiger partial charge in [-0.3, -0.25) is 9.59 Å². The van der Waals surface area contributed by atoms with Gasteiger partial charge in [0.05, 0.1) is 11.3 Å². The van der Waals surface area contributed by atoms with Gasteiger partial charge in [0, 0.05) is 19.2 Å². The van der Waals surface area contributed by atoms with Crippen molar-refractivity contribution in [3.05, 3.63) is 70.4 Å². The Morgan fingerprint density at radius 2 is 1.57 bits per heavy atom. The molecule has 0 atom stereocenters. The lowest BCUT2D eigenvalue weighted by molar-refractivity contribution is -0.120. The number of amides is 2. The summed E-state index contributed by atoms with van der Waals surface area (Å²) in [6.45, 7) is 5.20. The van der Waals surface area contributed by atoms with Gasteiger partial charge in [-0.05, 0) is 55.5 Å². The number of hydrogen-bond donors (Lipinski definition) is 0. The van der Waals surface area contributed by atoms with Gasteiger partial charge in [0.15, 0.2) is 0 Å². The smallest absolute Gasteiger partial charge is 0.282 e. The molecule has 4 rings (SSSR count). The fourth-order valence-corrected chi connectivity index (χ4v) is 3.79. The first-order valence-electron chi connectivity index (χ1n) is 9.29. The summed E-state index contributed by atoms with van der Waals surface area (Å²) in [4.78, 5) is 29.1. The molecule has 2 aliphatic heterocycles. The molecule has 0 spiro atoms. The fourth-order valence-electron chi connectivity index (χ4n) is 3.79. The summed E-state index contributed by atoms with van der Waals surface area (Å²) in [6, 6.07) is 8.32. The third-order valence-electron chi connectivity index (χ3n) is 5.43. The number of halogens is 2. The zero-order valence-corrected chi connectivity index (χ0v) is 15.8. The number of likely N-dealkylation sites (tertiary alicyclic amines) is 1. The van der Waals surface area contributed by atoms with E-state index in [0.29, 0.717) is 18.7 Å². The number of carbonyl (C=O) groups excluding carboxylic acids is 2. The van der Waals surface area contributed by atoms with Crippen LogP contribution in [0.2, 0.25) is 0 Å². The predicted octanol–water partition coefficient (Wildman–Crippen LogP) is 3.96. The molecule has 0 aliphatic carbocycles. The Hall–Kier alpha value is -3.02. The summed E-state index contributed by atoms with van der Waals surface area (Å²) in [5, 5.41) is 0. The first-order chi connectivity index (χ1) is 13.4. The molecule has 144 valence electrons. The number of hydrogen-bond acceptors (Lipinski definition) is 3. The topological polar surface area (TPSA) is 40.6 Å². The summed E-state index contributed by atoms with van der Waals surface area (Å²) in [7, 11) is 0. The number of anilines is 1. The van der Waals surface area contributed by atoms with Crippen molar-refractivity contribution in [3.63, 3.8) is 0 Å². The van der Waals surface area contributed by atoms with E-state index in [9.17, 15) is 18.4 Å². The van der Waals surface area contributed by atoms with Gasteiger partial charge in [0.1, 0.15) is 17.3 Å². The zero-order valence-electron chi connectivity index (χ0n) is 15.8. The van der Waals surface area contributed by atoms with E-state index in [4.69, 9.17) is 0 Å². The highest BCUT2D eigenvalue weighted by Gasteiger charge is 2.44. The largest absolute Gasteiger partial charge is 0.366 e. The highest BCUT2D eigenvalue weighted by Crippen LogP contribution is 2.37. The van der Waals surface area contributed by atoms with Crippen LogP contribution in [0.1, 0.15) is 29.5 Å². The Morgan fingerprint density at radius 3 is 2.25 bits per heavy atom. The Balaban J connectivity index is 1.88. The molecule has 2 heterocycles. The Kier molecular flexibility index (Phi) is 4.49. The summed E-state index contributed by atoms with van der Waals surface area (Å²) in [5.74, 6) is -2.76. The average molecular weight is 382 g/mol. The standard InChI is InChI=1S/C22H20F2N2O2/c1-13-5-6-15(11-14(13)2)19-20(25-9-3-4-10-25)22(28)26(21(19)27)18-12-16(23)7-8-17(18)24/h5-8,11-12H,3-4,9-10H2,1-2H3. The van der Waals surface area contributed by atoms with Crippen molar-refractivity contribution in [2.75, 3.05) is 18.0 Å². The number of aryl methyl sites for hydroxylation is 2. The van der Waals surface area contributed by atoms with E-state index in [2.05, 4.69) is 0 Å². The van der Waals surface area contributed by atoms with Crippen LogP contribution in [0.15, 0.2) is 42.1 Å². The Bertz CT molecular complexity index is 1020. The van der Waals surface area contributed by atoms with Crippen LogP contribution < -0.4 is 4.90 Å². The predicted molar refractivity (Wildman–Crippen MR) is 102 cm³/mol. The molecule has 0 aromatic heterocycles. The van der Waals surface area contributed by atoms with Crippen LogP contribution in [-0.2, 0) is 9.59 Å². The first-order valence-corrected chi connectivity index (χ1v) is 9.29. The summed E-state index contributed by atoms with van der Waals surface area (Å²) in [5.41, 5.74) is 2.83. The van der Waals surface area contributed by atoms with E-state index < -0.39 is 23.4 Å². The molecule has 0 N–H and O–H groups in total. The van der Waals surface area contributed by atoms with Crippen LogP contribution in [0.3, 0.4) is 0 Å². The van der Waals surface area contributed by atoms with Crippen molar-refractivity contribution in [2.45, 2.75) is 26.7 Å². The van der Waals surface area contributed by atoms with Crippen molar-refractivity contribution in [1.29, 1.82) is 0 Å². The molecule has 1 saturated heterocycles. The second-order valence-electron chi connectivity index (χ2n) is 7.26. The fraction of sp³-hybridized carbons (Fsp3) is 0.273. The van der Waals surface area contributed by atoms with Gasteiger partial charge in [-0.25, -0.2) is 13.7 Å². The van der Waals surface area contributed by atoms with Gasteiger partial charge in [0.2, 0.25) is 0 Å². The number of nitrogens with zero attached hydrogens (tertiary/aromatic N) is 2. The van der Waals surface area contributed by atoms with Crippen molar-refractivity contribution in [2.24, 2.45) is 0 Å². The quantitative estimate of drug-likeness (QED) is 0.755. The first kappa shape index (κ1) is 18.3. The van der Waals surface area contributed by atoms with E-state index in [-0.39, 0.29) is 17.0 Å². The van der Waals surface area contributed by atoms with E-state index in [0.717, 1.165) is 47.1 Å². The molecule has 28 heavy (non-hydrogen) atoms. The van der Waals surface area contributed by atoms with Gasteiger partial charge in [-0.1, -0.05) is 18.2 Å². The molecule has 0 radical (unpaired) electrons. The minimum Gasteiger partial charge on any atom is -0.366 e. The third-order valence-corrected chi connectivity index (χ3v) is 5.43. The lowest BCUT2D eigenvalue weighted by atomic mass is 9.99. The molecule has 6 heteroatoms. The van der Waals surface area contributed by atoms with Gasteiger partial charge in [-0.15, -0.1) is 0 Å². The van der Waals surface area contributed by atoms with E-state index >= 15 is 0 Å². The summed E-state index contributed by atoms with van der Waals surface area (Å²) >= 11 is 0. The van der Waals surface area contributed by atoms with Gasteiger partial charge in [-0.2, -0.15) is 0 Å². The highest BCUT2D eigenvalue weighted by molar-refractivity contribution is 6.45. The van der Waals surface area contributed by atoms with Crippen LogP contribution in [0.4, 0.5) is 14.5 Å². The molecule has 0 saturated carbocycles. The normalized spacial score (nSPS) is 17.3. The van der Waals surface area contributed by atoms with E-state index in [1.54, 1.807) is 6.07 Å². The van der Waals surface area contributed by atoms with Crippen LogP contribution in [0, 0.1) is 25.5 Å². The second kappa shape index (κ2) is 6.86. The van der Waals surface area contributed by atoms with Crippen molar-refractivity contribution in [1.82, 2.24) is 4.90 Å². The lowest BCUT2D eigenvalue weighted by Gasteiger charge is -2.20. The lowest BCUT2D eigenvalue weighted by Crippen LogP contribution is -2.35. The maximum atomic E-state index is 14.4.